The maximum atomic E-state index is 10.4. The van der Waals surface area contributed by atoms with Crippen molar-refractivity contribution in [2.75, 3.05) is 13.1 Å². The lowest BCUT2D eigenvalue weighted by Gasteiger charge is -2.03. The predicted octanol–water partition coefficient (Wildman–Crippen LogP) is -1.28. The number of amidine groups is 1. The fraction of sp³-hybridized carbons (Fsp3) is 0.600. The van der Waals surface area contributed by atoms with Crippen LogP contribution in [0.1, 0.15) is 0 Å². The number of carboxylic acids is 1. The molecule has 0 aromatic rings. The second-order valence-corrected chi connectivity index (χ2v) is 2.22. The molecule has 1 aliphatic rings. The highest BCUT2D eigenvalue weighted by atomic mass is 16.6. The molecule has 0 spiro atoms. The Morgan fingerprint density at radius 2 is 2.50 bits per heavy atom. The Morgan fingerprint density at radius 3 is 2.83 bits per heavy atom. The number of rotatable bonds is 3. The Kier molecular flexibility index (Phi) is 2.22. The van der Waals surface area contributed by atoms with Gasteiger partial charge in [0.05, 0.1) is 6.54 Å². The molecule has 0 aliphatic carbocycles. The van der Waals surface area contributed by atoms with Crippen molar-refractivity contribution < 1.29 is 14.8 Å². The summed E-state index contributed by atoms with van der Waals surface area (Å²) in [4.78, 5) is 23.4. The van der Waals surface area contributed by atoms with Gasteiger partial charge < -0.3 is 10.4 Å². The highest BCUT2D eigenvalue weighted by molar-refractivity contribution is 6.03. The number of aliphatic imine (C=N–C) groups is 1. The van der Waals surface area contributed by atoms with E-state index in [2.05, 4.69) is 10.3 Å². The maximum absolute atomic E-state index is 10.4. The van der Waals surface area contributed by atoms with Crippen LogP contribution in [-0.4, -0.2) is 41.0 Å². The molecular weight excluding hydrogens is 166 g/mol. The molecule has 1 atom stereocenters. The van der Waals surface area contributed by atoms with Gasteiger partial charge in [-0.1, -0.05) is 0 Å². The quantitative estimate of drug-likeness (QED) is 0.408. The molecule has 0 fully saturated rings. The van der Waals surface area contributed by atoms with E-state index in [0.717, 1.165) is 0 Å². The van der Waals surface area contributed by atoms with Gasteiger partial charge in [0.15, 0.2) is 5.84 Å². The van der Waals surface area contributed by atoms with Crippen LogP contribution >= 0.6 is 0 Å². The summed E-state index contributed by atoms with van der Waals surface area (Å²) in [6, 6.07) is -1.74. The zero-order chi connectivity index (χ0) is 9.14. The first kappa shape index (κ1) is 8.44. The van der Waals surface area contributed by atoms with Crippen LogP contribution in [0.3, 0.4) is 0 Å². The monoisotopic (exact) mass is 173 g/mol. The van der Waals surface area contributed by atoms with E-state index in [1.807, 2.05) is 0 Å². The van der Waals surface area contributed by atoms with Gasteiger partial charge in [-0.2, -0.15) is 0 Å². The fourth-order valence-corrected chi connectivity index (χ4v) is 0.906. The topological polar surface area (TPSA) is 105 Å². The lowest BCUT2D eigenvalue weighted by molar-refractivity contribution is -0.492. The smallest absolute Gasteiger partial charge is 0.387 e. The van der Waals surface area contributed by atoms with E-state index in [4.69, 9.17) is 5.11 Å². The van der Waals surface area contributed by atoms with Gasteiger partial charge in [0, 0.05) is 11.5 Å². The van der Waals surface area contributed by atoms with Gasteiger partial charge in [0.1, 0.15) is 0 Å². The van der Waals surface area contributed by atoms with E-state index in [-0.39, 0.29) is 5.84 Å². The minimum absolute atomic E-state index is 0.0625. The molecule has 1 unspecified atom stereocenters. The van der Waals surface area contributed by atoms with Crippen molar-refractivity contribution in [3.05, 3.63) is 10.1 Å². The van der Waals surface area contributed by atoms with Crippen molar-refractivity contribution >= 4 is 11.8 Å². The molecule has 7 heteroatoms. The average molecular weight is 173 g/mol. The summed E-state index contributed by atoms with van der Waals surface area (Å²) in [5.74, 6) is -1.55. The third-order valence-corrected chi connectivity index (χ3v) is 1.40. The number of carboxylic acid groups (broad SMARTS) is 1. The zero-order valence-electron chi connectivity index (χ0n) is 6.06. The van der Waals surface area contributed by atoms with Crippen molar-refractivity contribution in [3.8, 4) is 0 Å². The summed E-state index contributed by atoms with van der Waals surface area (Å²) in [5.41, 5.74) is 0. The lowest BCUT2D eigenvalue weighted by atomic mass is 10.3. The second kappa shape index (κ2) is 3.16. The highest BCUT2D eigenvalue weighted by Crippen LogP contribution is 1.97. The van der Waals surface area contributed by atoms with E-state index in [0.29, 0.717) is 13.1 Å². The molecule has 0 saturated carbocycles. The van der Waals surface area contributed by atoms with E-state index in [1.165, 1.54) is 0 Å². The second-order valence-electron chi connectivity index (χ2n) is 2.22. The number of nitro groups is 1. The van der Waals surface area contributed by atoms with Gasteiger partial charge in [0.2, 0.25) is 0 Å². The van der Waals surface area contributed by atoms with Crippen molar-refractivity contribution in [3.63, 3.8) is 0 Å². The summed E-state index contributed by atoms with van der Waals surface area (Å²) in [6.45, 7) is 0.861. The first-order valence-corrected chi connectivity index (χ1v) is 3.27. The maximum Gasteiger partial charge on any atom is 0.387 e. The molecule has 0 radical (unpaired) electrons. The fourth-order valence-electron chi connectivity index (χ4n) is 0.906. The number of aliphatic carboxylic acids is 1. The third-order valence-electron chi connectivity index (χ3n) is 1.40. The molecule has 0 aromatic carbocycles. The SMILES string of the molecule is O=C(O)C(C1=NCCN1)[N+](=O)[O-]. The molecule has 1 aliphatic heterocycles. The Bertz CT molecular complexity index is 235. The number of hydrogen-bond donors (Lipinski definition) is 2. The molecule has 0 aromatic heterocycles. The number of nitrogens with zero attached hydrogens (tertiary/aromatic N) is 2. The molecule has 2 N–H and O–H groups in total. The van der Waals surface area contributed by atoms with E-state index < -0.39 is 16.9 Å². The van der Waals surface area contributed by atoms with Crippen LogP contribution < -0.4 is 5.32 Å². The first-order valence-electron chi connectivity index (χ1n) is 3.27. The van der Waals surface area contributed by atoms with Crippen LogP contribution in [0.4, 0.5) is 0 Å². The minimum Gasteiger partial charge on any atom is -0.476 e. The van der Waals surface area contributed by atoms with Crippen LogP contribution in [0.25, 0.3) is 0 Å². The Hall–Kier alpha value is -1.66. The molecule has 66 valence electrons. The summed E-state index contributed by atoms with van der Waals surface area (Å²) >= 11 is 0. The Morgan fingerprint density at radius 1 is 1.83 bits per heavy atom. The van der Waals surface area contributed by atoms with Gasteiger partial charge in [0.25, 0.3) is 0 Å². The molecule has 1 heterocycles. The summed E-state index contributed by atoms with van der Waals surface area (Å²) in [7, 11) is 0. The van der Waals surface area contributed by atoms with Crippen LogP contribution in [0.2, 0.25) is 0 Å². The summed E-state index contributed by atoms with van der Waals surface area (Å²) in [5, 5.41) is 21.2. The normalized spacial score (nSPS) is 17.8. The van der Waals surface area contributed by atoms with E-state index >= 15 is 0 Å². The summed E-state index contributed by atoms with van der Waals surface area (Å²) < 4.78 is 0. The number of carbonyl (C=O) groups is 1. The standard InChI is InChI=1S/C5H7N3O4/c9-5(10)3(8(11)12)4-6-1-2-7-4/h3H,1-2H2,(H,6,7)(H,9,10). The molecule has 0 bridgehead atoms. The van der Waals surface area contributed by atoms with Gasteiger partial charge in [-0.05, 0) is 0 Å². The van der Waals surface area contributed by atoms with Crippen LogP contribution in [0.5, 0.6) is 0 Å². The Labute approximate surface area is 67.2 Å². The minimum atomic E-state index is -1.74. The number of hydrogen-bond acceptors (Lipinski definition) is 5. The van der Waals surface area contributed by atoms with E-state index in [9.17, 15) is 14.9 Å². The predicted molar refractivity (Wildman–Crippen MR) is 38.7 cm³/mol. The molecule has 1 rings (SSSR count). The molecule has 0 amide bonds. The van der Waals surface area contributed by atoms with Crippen molar-refractivity contribution in [2.24, 2.45) is 4.99 Å². The van der Waals surface area contributed by atoms with Gasteiger partial charge in [-0.3, -0.25) is 15.1 Å². The van der Waals surface area contributed by atoms with Crippen LogP contribution in [-0.2, 0) is 4.79 Å². The van der Waals surface area contributed by atoms with Crippen LogP contribution in [0, 0.1) is 10.1 Å². The summed E-state index contributed by atoms with van der Waals surface area (Å²) in [6.07, 6.45) is 0. The largest absolute Gasteiger partial charge is 0.476 e. The number of nitrogens with one attached hydrogen (secondary N) is 1. The molecule has 0 saturated heterocycles. The van der Waals surface area contributed by atoms with Crippen molar-refractivity contribution in [2.45, 2.75) is 6.04 Å². The van der Waals surface area contributed by atoms with Crippen molar-refractivity contribution in [1.29, 1.82) is 0 Å². The van der Waals surface area contributed by atoms with Crippen molar-refractivity contribution in [1.82, 2.24) is 5.32 Å². The third kappa shape index (κ3) is 1.49. The lowest BCUT2D eigenvalue weighted by Crippen LogP contribution is -2.43. The van der Waals surface area contributed by atoms with Gasteiger partial charge in [-0.25, -0.2) is 4.79 Å². The van der Waals surface area contributed by atoms with Gasteiger partial charge >= 0.3 is 12.0 Å². The highest BCUT2D eigenvalue weighted by Gasteiger charge is 2.36. The molecule has 7 nitrogen and oxygen atoms in total. The van der Waals surface area contributed by atoms with Gasteiger partial charge in [-0.15, -0.1) is 0 Å². The zero-order valence-corrected chi connectivity index (χ0v) is 6.06. The average Bonchev–Trinajstić information content (AvgIpc) is 2.37. The van der Waals surface area contributed by atoms with E-state index in [1.54, 1.807) is 0 Å². The molecular formula is C5H7N3O4. The van der Waals surface area contributed by atoms with Crippen LogP contribution in [0.15, 0.2) is 4.99 Å². The molecule has 12 heavy (non-hydrogen) atoms. The Balaban J connectivity index is 2.78. The first-order chi connectivity index (χ1) is 5.63.